The fourth-order valence-electron chi connectivity index (χ4n) is 2.62. The number of rotatable bonds is 9. The summed E-state index contributed by atoms with van der Waals surface area (Å²) in [5.41, 5.74) is 1.72. The zero-order valence-corrected chi connectivity index (χ0v) is 17.5. The fourth-order valence-corrected chi connectivity index (χ4v) is 3.35. The molecule has 1 N–H and O–H groups in total. The van der Waals surface area contributed by atoms with Crippen molar-refractivity contribution in [3.63, 3.8) is 0 Å². The summed E-state index contributed by atoms with van der Waals surface area (Å²) in [7, 11) is 1.86. The van der Waals surface area contributed by atoms with Crippen LogP contribution in [0.15, 0.2) is 53.7 Å². The quantitative estimate of drug-likeness (QED) is 0.538. The van der Waals surface area contributed by atoms with Gasteiger partial charge in [0, 0.05) is 7.05 Å². The van der Waals surface area contributed by atoms with Crippen molar-refractivity contribution in [3.8, 4) is 11.5 Å². The summed E-state index contributed by atoms with van der Waals surface area (Å²) >= 11 is 1.32. The van der Waals surface area contributed by atoms with Crippen LogP contribution >= 0.6 is 11.8 Å². The maximum Gasteiger partial charge on any atom is 0.234 e. The highest BCUT2D eigenvalue weighted by Crippen LogP contribution is 2.24. The second-order valence-electron chi connectivity index (χ2n) is 6.28. The summed E-state index contributed by atoms with van der Waals surface area (Å²) < 4.78 is 13.2. The number of carbonyl (C=O) groups excluding carboxylic acids is 1. The van der Waals surface area contributed by atoms with Crippen LogP contribution in [-0.4, -0.2) is 33.0 Å². The molecule has 0 spiro atoms. The number of aryl methyl sites for hydroxylation is 1. The van der Waals surface area contributed by atoms with Crippen LogP contribution in [0.5, 0.6) is 11.5 Å². The Labute approximate surface area is 174 Å². The molecule has 7 nitrogen and oxygen atoms in total. The molecule has 3 aromatic rings. The molecule has 0 aliphatic carbocycles. The minimum absolute atomic E-state index is 0.136. The van der Waals surface area contributed by atoms with E-state index in [1.807, 2.05) is 74.0 Å². The Morgan fingerprint density at radius 2 is 1.79 bits per heavy atom. The van der Waals surface area contributed by atoms with Gasteiger partial charge in [0.15, 0.2) is 11.0 Å². The van der Waals surface area contributed by atoms with Gasteiger partial charge in [-0.1, -0.05) is 42.1 Å². The smallest absolute Gasteiger partial charge is 0.234 e. The summed E-state index contributed by atoms with van der Waals surface area (Å²) in [4.78, 5) is 12.3. The lowest BCUT2D eigenvalue weighted by molar-refractivity contribution is -0.113. The van der Waals surface area contributed by atoms with Crippen LogP contribution < -0.4 is 14.8 Å². The molecule has 0 unspecified atom stereocenters. The van der Waals surface area contributed by atoms with E-state index in [0.717, 1.165) is 11.3 Å². The van der Waals surface area contributed by atoms with E-state index in [1.54, 1.807) is 0 Å². The standard InChI is InChI=1S/C21H24N4O3S/c1-4-27-18-12-8-6-10-16(18)22-20(26)14-29-21-24-23-19(25(21)3)13-28-17-11-7-5-9-15(17)2/h5-12H,4,13-14H2,1-3H3,(H,22,26). The van der Waals surface area contributed by atoms with E-state index in [-0.39, 0.29) is 11.7 Å². The topological polar surface area (TPSA) is 78.3 Å². The maximum absolute atomic E-state index is 12.3. The van der Waals surface area contributed by atoms with Crippen LogP contribution in [0.4, 0.5) is 5.69 Å². The molecule has 2 aromatic carbocycles. The molecule has 152 valence electrons. The molecule has 1 amide bonds. The van der Waals surface area contributed by atoms with E-state index in [4.69, 9.17) is 9.47 Å². The summed E-state index contributed by atoms with van der Waals surface area (Å²) in [5.74, 6) is 2.24. The third-order valence-electron chi connectivity index (χ3n) is 4.17. The summed E-state index contributed by atoms with van der Waals surface area (Å²) in [6.07, 6.45) is 0. The Balaban J connectivity index is 1.55. The van der Waals surface area contributed by atoms with E-state index in [1.165, 1.54) is 11.8 Å². The molecule has 0 saturated carbocycles. The number of nitrogens with one attached hydrogen (secondary N) is 1. The van der Waals surface area contributed by atoms with Gasteiger partial charge >= 0.3 is 0 Å². The summed E-state index contributed by atoms with van der Waals surface area (Å²) in [5, 5.41) is 11.9. The highest BCUT2D eigenvalue weighted by molar-refractivity contribution is 7.99. The van der Waals surface area contributed by atoms with Gasteiger partial charge in [0.05, 0.1) is 18.0 Å². The Kier molecular flexibility index (Phi) is 7.13. The average Bonchev–Trinajstić information content (AvgIpc) is 3.07. The van der Waals surface area contributed by atoms with Crippen LogP contribution in [0.1, 0.15) is 18.3 Å². The number of anilines is 1. The lowest BCUT2D eigenvalue weighted by atomic mass is 10.2. The Morgan fingerprint density at radius 3 is 2.55 bits per heavy atom. The van der Waals surface area contributed by atoms with Crippen LogP contribution in [0.25, 0.3) is 0 Å². The minimum atomic E-state index is -0.136. The number of ether oxygens (including phenoxy) is 2. The van der Waals surface area contributed by atoms with Crippen molar-refractivity contribution < 1.29 is 14.3 Å². The van der Waals surface area contributed by atoms with Crippen molar-refractivity contribution in [2.24, 2.45) is 7.05 Å². The summed E-state index contributed by atoms with van der Waals surface area (Å²) in [6, 6.07) is 15.2. The van der Waals surface area contributed by atoms with Gasteiger partial charge in [-0.05, 0) is 37.6 Å². The second-order valence-corrected chi connectivity index (χ2v) is 7.22. The van der Waals surface area contributed by atoms with Crippen molar-refractivity contribution in [2.75, 3.05) is 17.7 Å². The molecule has 0 bridgehead atoms. The predicted octanol–water partition coefficient (Wildman–Crippen LogP) is 3.83. The van der Waals surface area contributed by atoms with Crippen LogP contribution in [0.3, 0.4) is 0 Å². The molecule has 3 rings (SSSR count). The lowest BCUT2D eigenvalue weighted by Crippen LogP contribution is -2.15. The monoisotopic (exact) mass is 412 g/mol. The number of benzene rings is 2. The first kappa shape index (κ1) is 20.7. The van der Waals surface area contributed by atoms with Gasteiger partial charge in [-0.15, -0.1) is 10.2 Å². The van der Waals surface area contributed by atoms with Crippen LogP contribution in [0, 0.1) is 6.92 Å². The van der Waals surface area contributed by atoms with Crippen molar-refractivity contribution >= 4 is 23.4 Å². The minimum Gasteiger partial charge on any atom is -0.492 e. The first-order valence-electron chi connectivity index (χ1n) is 9.29. The first-order valence-corrected chi connectivity index (χ1v) is 10.3. The maximum atomic E-state index is 12.3. The van der Waals surface area contributed by atoms with E-state index >= 15 is 0 Å². The molecule has 1 aromatic heterocycles. The number of nitrogens with zero attached hydrogens (tertiary/aromatic N) is 3. The molecule has 8 heteroatoms. The molecule has 1 heterocycles. The molecule has 0 atom stereocenters. The third-order valence-corrected chi connectivity index (χ3v) is 5.19. The van der Waals surface area contributed by atoms with E-state index in [2.05, 4.69) is 15.5 Å². The molecule has 0 aliphatic heterocycles. The second kappa shape index (κ2) is 9.97. The van der Waals surface area contributed by atoms with Gasteiger partial charge < -0.3 is 19.4 Å². The van der Waals surface area contributed by atoms with Crippen molar-refractivity contribution in [1.29, 1.82) is 0 Å². The molecular weight excluding hydrogens is 388 g/mol. The first-order chi connectivity index (χ1) is 14.1. The van der Waals surface area contributed by atoms with Crippen molar-refractivity contribution in [2.45, 2.75) is 25.6 Å². The van der Waals surface area contributed by atoms with Gasteiger partial charge in [-0.3, -0.25) is 4.79 Å². The molecule has 29 heavy (non-hydrogen) atoms. The Bertz CT molecular complexity index is 974. The highest BCUT2D eigenvalue weighted by atomic mass is 32.2. The van der Waals surface area contributed by atoms with E-state index in [0.29, 0.717) is 35.6 Å². The largest absolute Gasteiger partial charge is 0.492 e. The number of thioether (sulfide) groups is 1. The van der Waals surface area contributed by atoms with E-state index in [9.17, 15) is 4.79 Å². The summed E-state index contributed by atoms with van der Waals surface area (Å²) in [6.45, 7) is 4.75. The van der Waals surface area contributed by atoms with Crippen molar-refractivity contribution in [3.05, 3.63) is 59.9 Å². The van der Waals surface area contributed by atoms with Gasteiger partial charge in [0.1, 0.15) is 18.1 Å². The lowest BCUT2D eigenvalue weighted by Gasteiger charge is -2.11. The molecule has 0 saturated heterocycles. The number of carbonyl (C=O) groups is 1. The number of amides is 1. The average molecular weight is 413 g/mol. The zero-order chi connectivity index (χ0) is 20.6. The van der Waals surface area contributed by atoms with Crippen molar-refractivity contribution in [1.82, 2.24) is 14.8 Å². The number of hydrogen-bond acceptors (Lipinski definition) is 6. The predicted molar refractivity (Wildman–Crippen MR) is 113 cm³/mol. The fraction of sp³-hybridized carbons (Fsp3) is 0.286. The molecule has 0 fully saturated rings. The van der Waals surface area contributed by atoms with Gasteiger partial charge in [0.2, 0.25) is 5.91 Å². The SMILES string of the molecule is CCOc1ccccc1NC(=O)CSc1nnc(COc2ccccc2C)n1C. The molecule has 0 radical (unpaired) electrons. The Hall–Kier alpha value is -3.00. The Morgan fingerprint density at radius 1 is 1.07 bits per heavy atom. The van der Waals surface area contributed by atoms with Gasteiger partial charge in [-0.2, -0.15) is 0 Å². The molecular formula is C21H24N4O3S. The third kappa shape index (κ3) is 5.51. The van der Waals surface area contributed by atoms with E-state index < -0.39 is 0 Å². The van der Waals surface area contributed by atoms with Crippen LogP contribution in [-0.2, 0) is 18.4 Å². The van der Waals surface area contributed by atoms with Gasteiger partial charge in [0.25, 0.3) is 0 Å². The molecule has 0 aliphatic rings. The number of para-hydroxylation sites is 3. The van der Waals surface area contributed by atoms with Gasteiger partial charge in [-0.25, -0.2) is 0 Å². The zero-order valence-electron chi connectivity index (χ0n) is 16.7. The number of aromatic nitrogens is 3. The van der Waals surface area contributed by atoms with Crippen LogP contribution in [0.2, 0.25) is 0 Å². The normalized spacial score (nSPS) is 10.6. The number of hydrogen-bond donors (Lipinski definition) is 1. The highest BCUT2D eigenvalue weighted by Gasteiger charge is 2.13.